The van der Waals surface area contributed by atoms with Crippen LogP contribution >= 0.6 is 0 Å². The first-order valence-corrected chi connectivity index (χ1v) is 6.80. The summed E-state index contributed by atoms with van der Waals surface area (Å²) in [7, 11) is 0. The van der Waals surface area contributed by atoms with Crippen molar-refractivity contribution in [3.63, 3.8) is 0 Å². The smallest absolute Gasteiger partial charge is 0.322 e. The molecule has 0 bridgehead atoms. The zero-order valence-corrected chi connectivity index (χ0v) is 10.8. The fraction of sp³-hybridized carbons (Fsp3) is 0.750. The van der Waals surface area contributed by atoms with Crippen molar-refractivity contribution in [1.29, 1.82) is 0 Å². The van der Waals surface area contributed by atoms with Crippen LogP contribution in [0.4, 0.5) is 6.01 Å². The van der Waals surface area contributed by atoms with E-state index in [-0.39, 0.29) is 11.9 Å². The predicted molar refractivity (Wildman–Crippen MR) is 68.5 cm³/mol. The topological polar surface area (TPSA) is 97.3 Å². The molecule has 1 aliphatic carbocycles. The second kappa shape index (κ2) is 5.26. The van der Waals surface area contributed by atoms with Gasteiger partial charge in [-0.05, 0) is 38.3 Å². The molecule has 1 aliphatic heterocycles. The molecule has 0 aromatic carbocycles. The van der Waals surface area contributed by atoms with Gasteiger partial charge in [0.25, 0.3) is 0 Å². The van der Waals surface area contributed by atoms with Crippen LogP contribution in [0, 0.1) is 5.92 Å². The van der Waals surface area contributed by atoms with Gasteiger partial charge in [0.1, 0.15) is 0 Å². The summed E-state index contributed by atoms with van der Waals surface area (Å²) < 4.78 is 5.39. The number of nitrogens with one attached hydrogen (secondary N) is 1. The Balaban J connectivity index is 1.47. The minimum atomic E-state index is -0.108. The molecule has 1 unspecified atom stereocenters. The maximum atomic E-state index is 11.8. The van der Waals surface area contributed by atoms with E-state index >= 15 is 0 Å². The molecule has 2 fully saturated rings. The summed E-state index contributed by atoms with van der Waals surface area (Å²) in [5.74, 6) is 1.45. The van der Waals surface area contributed by atoms with Crippen molar-refractivity contribution in [3.8, 4) is 0 Å². The third-order valence-corrected chi connectivity index (χ3v) is 3.68. The Bertz CT molecular complexity index is 457. The average molecular weight is 265 g/mol. The first kappa shape index (κ1) is 12.6. The van der Waals surface area contributed by atoms with E-state index in [4.69, 9.17) is 10.2 Å². The first-order valence-electron chi connectivity index (χ1n) is 6.80. The molecule has 2 aliphatic rings. The predicted octanol–water partition coefficient (Wildman–Crippen LogP) is 0.166. The van der Waals surface area contributed by atoms with E-state index in [1.165, 1.54) is 0 Å². The van der Waals surface area contributed by atoms with Gasteiger partial charge in [-0.1, -0.05) is 5.10 Å². The SMILES string of the molecule is NCC1CCN(CC(=O)Nc2nnc(C3CC3)o2)C1. The van der Waals surface area contributed by atoms with E-state index in [1.807, 2.05) is 0 Å². The van der Waals surface area contributed by atoms with Gasteiger partial charge in [-0.2, -0.15) is 0 Å². The molecule has 2 heterocycles. The first-order chi connectivity index (χ1) is 9.24. The maximum Gasteiger partial charge on any atom is 0.322 e. The number of aromatic nitrogens is 2. The highest BCUT2D eigenvalue weighted by Gasteiger charge is 2.30. The summed E-state index contributed by atoms with van der Waals surface area (Å²) in [6.07, 6.45) is 3.27. The van der Waals surface area contributed by atoms with Crippen molar-refractivity contribution >= 4 is 11.9 Å². The highest BCUT2D eigenvalue weighted by Crippen LogP contribution is 2.39. The summed E-state index contributed by atoms with van der Waals surface area (Å²) in [6, 6.07) is 0.210. The molecule has 1 saturated heterocycles. The quantitative estimate of drug-likeness (QED) is 0.787. The fourth-order valence-electron chi connectivity index (χ4n) is 2.39. The van der Waals surface area contributed by atoms with Crippen molar-refractivity contribution in [2.75, 3.05) is 31.5 Å². The van der Waals surface area contributed by atoms with Crippen molar-refractivity contribution in [2.45, 2.75) is 25.2 Å². The lowest BCUT2D eigenvalue weighted by Crippen LogP contribution is -2.32. The van der Waals surface area contributed by atoms with Gasteiger partial charge in [0.2, 0.25) is 11.8 Å². The van der Waals surface area contributed by atoms with Gasteiger partial charge in [0, 0.05) is 12.5 Å². The number of hydrogen-bond acceptors (Lipinski definition) is 6. The number of amides is 1. The molecule has 3 N–H and O–H groups in total. The number of rotatable bonds is 5. The zero-order chi connectivity index (χ0) is 13.2. The van der Waals surface area contributed by atoms with E-state index < -0.39 is 0 Å². The summed E-state index contributed by atoms with van der Waals surface area (Å²) in [4.78, 5) is 13.9. The van der Waals surface area contributed by atoms with Gasteiger partial charge >= 0.3 is 6.01 Å². The van der Waals surface area contributed by atoms with Gasteiger partial charge in [-0.3, -0.25) is 15.0 Å². The van der Waals surface area contributed by atoms with Crippen LogP contribution in [0.5, 0.6) is 0 Å². The van der Waals surface area contributed by atoms with Gasteiger partial charge in [-0.25, -0.2) is 0 Å². The summed E-state index contributed by atoms with van der Waals surface area (Å²) in [5.41, 5.74) is 5.63. The van der Waals surface area contributed by atoms with Crippen LogP contribution in [-0.4, -0.2) is 47.2 Å². The Morgan fingerprint density at radius 3 is 2.95 bits per heavy atom. The van der Waals surface area contributed by atoms with E-state index in [0.717, 1.165) is 32.4 Å². The molecule has 3 rings (SSSR count). The molecule has 1 saturated carbocycles. The molecule has 1 aromatic heterocycles. The molecular weight excluding hydrogens is 246 g/mol. The number of carbonyl (C=O) groups is 1. The number of carbonyl (C=O) groups excluding carboxylic acids is 1. The lowest BCUT2D eigenvalue weighted by atomic mass is 10.1. The van der Waals surface area contributed by atoms with Crippen LogP contribution in [0.1, 0.15) is 31.1 Å². The van der Waals surface area contributed by atoms with Gasteiger partial charge in [0.15, 0.2) is 0 Å². The van der Waals surface area contributed by atoms with Crippen LogP contribution in [0.3, 0.4) is 0 Å². The molecule has 1 aromatic rings. The van der Waals surface area contributed by atoms with E-state index in [9.17, 15) is 4.79 Å². The van der Waals surface area contributed by atoms with E-state index in [1.54, 1.807) is 0 Å². The van der Waals surface area contributed by atoms with Crippen LogP contribution < -0.4 is 11.1 Å². The summed E-state index contributed by atoms with van der Waals surface area (Å²) in [6.45, 7) is 2.86. The molecule has 1 atom stereocenters. The molecule has 7 heteroatoms. The number of likely N-dealkylation sites (tertiary alicyclic amines) is 1. The monoisotopic (exact) mass is 265 g/mol. The lowest BCUT2D eigenvalue weighted by molar-refractivity contribution is -0.117. The number of nitrogens with two attached hydrogens (primary N) is 1. The molecule has 7 nitrogen and oxygen atoms in total. The number of anilines is 1. The Labute approximate surface area is 111 Å². The number of nitrogens with zero attached hydrogens (tertiary/aromatic N) is 3. The molecule has 0 spiro atoms. The molecule has 104 valence electrons. The van der Waals surface area contributed by atoms with Crippen LogP contribution in [0.25, 0.3) is 0 Å². The highest BCUT2D eigenvalue weighted by atomic mass is 16.4. The minimum Gasteiger partial charge on any atom is -0.408 e. The van der Waals surface area contributed by atoms with Crippen LogP contribution in [0.15, 0.2) is 4.42 Å². The van der Waals surface area contributed by atoms with E-state index in [2.05, 4.69) is 20.4 Å². The minimum absolute atomic E-state index is 0.108. The highest BCUT2D eigenvalue weighted by molar-refractivity contribution is 5.90. The Morgan fingerprint density at radius 1 is 1.42 bits per heavy atom. The van der Waals surface area contributed by atoms with Gasteiger partial charge in [-0.15, -0.1) is 5.10 Å². The van der Waals surface area contributed by atoms with Gasteiger partial charge < -0.3 is 10.2 Å². The van der Waals surface area contributed by atoms with Crippen molar-refractivity contribution in [2.24, 2.45) is 11.7 Å². The maximum absolute atomic E-state index is 11.8. The third kappa shape index (κ3) is 3.10. The Morgan fingerprint density at radius 2 is 2.26 bits per heavy atom. The van der Waals surface area contributed by atoms with Gasteiger partial charge in [0.05, 0.1) is 6.54 Å². The van der Waals surface area contributed by atoms with Crippen molar-refractivity contribution < 1.29 is 9.21 Å². The molecular formula is C12H19N5O2. The average Bonchev–Trinajstić information content (AvgIpc) is 2.98. The van der Waals surface area contributed by atoms with Crippen molar-refractivity contribution in [1.82, 2.24) is 15.1 Å². The summed E-state index contributed by atoms with van der Waals surface area (Å²) in [5, 5.41) is 10.4. The van der Waals surface area contributed by atoms with Crippen LogP contribution in [0.2, 0.25) is 0 Å². The Hall–Kier alpha value is -1.47. The fourth-order valence-corrected chi connectivity index (χ4v) is 2.39. The number of hydrogen-bond donors (Lipinski definition) is 2. The zero-order valence-electron chi connectivity index (χ0n) is 10.8. The second-order valence-corrected chi connectivity index (χ2v) is 5.39. The second-order valence-electron chi connectivity index (χ2n) is 5.39. The lowest BCUT2D eigenvalue weighted by Gasteiger charge is -2.13. The van der Waals surface area contributed by atoms with Crippen molar-refractivity contribution in [3.05, 3.63) is 5.89 Å². The molecule has 1 amide bonds. The molecule has 19 heavy (non-hydrogen) atoms. The van der Waals surface area contributed by atoms with Crippen LogP contribution in [-0.2, 0) is 4.79 Å². The largest absolute Gasteiger partial charge is 0.408 e. The summed E-state index contributed by atoms with van der Waals surface area (Å²) >= 11 is 0. The molecule has 0 radical (unpaired) electrons. The third-order valence-electron chi connectivity index (χ3n) is 3.68. The standard InChI is InChI=1S/C12H19N5O2/c13-5-8-3-4-17(6-8)7-10(18)14-12-16-15-11(19-12)9-1-2-9/h8-9H,1-7,13H2,(H,14,16,18). The Kier molecular flexibility index (Phi) is 3.48. The van der Waals surface area contributed by atoms with E-state index in [0.29, 0.717) is 30.8 Å². The normalized spacial score (nSPS) is 23.7.